The van der Waals surface area contributed by atoms with Crippen LogP contribution in [-0.4, -0.2) is 24.7 Å². The minimum Gasteiger partial charge on any atom is -0.487 e. The molecule has 4 nitrogen and oxygen atoms in total. The highest BCUT2D eigenvalue weighted by molar-refractivity contribution is 5.36. The molecule has 2 heterocycles. The first-order chi connectivity index (χ1) is 10.7. The summed E-state index contributed by atoms with van der Waals surface area (Å²) in [5, 5.41) is 3.36. The fraction of sp³-hybridized carbons (Fsp3) is 0.389. The average molecular weight is 298 g/mol. The fourth-order valence-electron chi connectivity index (χ4n) is 2.70. The zero-order chi connectivity index (χ0) is 15.4. The van der Waals surface area contributed by atoms with Gasteiger partial charge in [-0.2, -0.15) is 0 Å². The Kier molecular flexibility index (Phi) is 4.71. The summed E-state index contributed by atoms with van der Waals surface area (Å²) in [5.41, 5.74) is 4.38. The number of nitrogens with zero attached hydrogens (tertiary/aromatic N) is 1. The molecule has 1 aliphatic heterocycles. The minimum absolute atomic E-state index is 0.140. The Labute approximate surface area is 131 Å². The van der Waals surface area contributed by atoms with Crippen molar-refractivity contribution in [3.8, 4) is 5.75 Å². The van der Waals surface area contributed by atoms with E-state index in [0.29, 0.717) is 6.61 Å². The first kappa shape index (κ1) is 15.0. The van der Waals surface area contributed by atoms with Gasteiger partial charge in [0.2, 0.25) is 0 Å². The molecule has 3 rings (SSSR count). The van der Waals surface area contributed by atoms with E-state index in [4.69, 9.17) is 9.47 Å². The molecule has 0 saturated carbocycles. The van der Waals surface area contributed by atoms with Crippen molar-refractivity contribution >= 4 is 0 Å². The Morgan fingerprint density at radius 3 is 2.91 bits per heavy atom. The summed E-state index contributed by atoms with van der Waals surface area (Å²) in [7, 11) is 0. The maximum Gasteiger partial charge on any atom is 0.130 e. The van der Waals surface area contributed by atoms with Gasteiger partial charge in [0.05, 0.1) is 18.4 Å². The van der Waals surface area contributed by atoms with Gasteiger partial charge in [-0.3, -0.25) is 4.98 Å². The topological polar surface area (TPSA) is 43.4 Å². The molecule has 4 heteroatoms. The van der Waals surface area contributed by atoms with Crippen molar-refractivity contribution in [2.45, 2.75) is 26.6 Å². The van der Waals surface area contributed by atoms with E-state index in [0.717, 1.165) is 36.8 Å². The van der Waals surface area contributed by atoms with E-state index in [-0.39, 0.29) is 6.10 Å². The lowest BCUT2D eigenvalue weighted by Gasteiger charge is -2.25. The van der Waals surface area contributed by atoms with E-state index in [9.17, 15) is 0 Å². The molecule has 0 bridgehead atoms. The van der Waals surface area contributed by atoms with E-state index in [1.807, 2.05) is 31.2 Å². The van der Waals surface area contributed by atoms with E-state index < -0.39 is 0 Å². The van der Waals surface area contributed by atoms with Crippen LogP contribution in [0.1, 0.15) is 28.6 Å². The number of benzene rings is 1. The Balaban J connectivity index is 1.66. The summed E-state index contributed by atoms with van der Waals surface area (Å²) in [4.78, 5) is 4.45. The maximum atomic E-state index is 5.85. The Morgan fingerprint density at radius 1 is 1.27 bits per heavy atom. The lowest BCUT2D eigenvalue weighted by Crippen LogP contribution is -2.33. The molecule has 2 aromatic rings. The van der Waals surface area contributed by atoms with Crippen LogP contribution < -0.4 is 10.1 Å². The number of ether oxygens (including phenoxy) is 2. The van der Waals surface area contributed by atoms with E-state index >= 15 is 0 Å². The second-order valence-corrected chi connectivity index (χ2v) is 5.64. The minimum atomic E-state index is 0.140. The van der Waals surface area contributed by atoms with Crippen molar-refractivity contribution in [3.63, 3.8) is 0 Å². The molecule has 0 radical (unpaired) electrons. The number of hydrogen-bond donors (Lipinski definition) is 1. The van der Waals surface area contributed by atoms with Gasteiger partial charge in [0.15, 0.2) is 0 Å². The van der Waals surface area contributed by atoms with Crippen LogP contribution in [0.3, 0.4) is 0 Å². The molecule has 1 aliphatic rings. The van der Waals surface area contributed by atoms with Crippen LogP contribution in [0.2, 0.25) is 0 Å². The van der Waals surface area contributed by atoms with E-state index in [1.54, 1.807) is 0 Å². The molecule has 0 spiro atoms. The van der Waals surface area contributed by atoms with Gasteiger partial charge in [-0.05, 0) is 49.2 Å². The van der Waals surface area contributed by atoms with Crippen molar-refractivity contribution in [1.82, 2.24) is 10.3 Å². The molecular weight excluding hydrogens is 276 g/mol. The van der Waals surface area contributed by atoms with Crippen LogP contribution >= 0.6 is 0 Å². The summed E-state index contributed by atoms with van der Waals surface area (Å²) in [6.45, 7) is 7.14. The lowest BCUT2D eigenvalue weighted by molar-refractivity contribution is 0.0273. The summed E-state index contributed by atoms with van der Waals surface area (Å²) < 4.78 is 11.7. The van der Waals surface area contributed by atoms with Crippen molar-refractivity contribution in [1.29, 1.82) is 0 Å². The lowest BCUT2D eigenvalue weighted by atomic mass is 10.0. The third-order valence-corrected chi connectivity index (χ3v) is 3.85. The third-order valence-electron chi connectivity index (χ3n) is 3.85. The second-order valence-electron chi connectivity index (χ2n) is 5.64. The van der Waals surface area contributed by atoms with E-state index in [2.05, 4.69) is 29.4 Å². The summed E-state index contributed by atoms with van der Waals surface area (Å²) in [6, 6.07) is 12.2. The fourth-order valence-corrected chi connectivity index (χ4v) is 2.70. The highest BCUT2D eigenvalue weighted by Gasteiger charge is 2.17. The smallest absolute Gasteiger partial charge is 0.130 e. The van der Waals surface area contributed by atoms with Gasteiger partial charge >= 0.3 is 0 Å². The van der Waals surface area contributed by atoms with Gasteiger partial charge in [0, 0.05) is 18.8 Å². The number of morpholine rings is 1. The van der Waals surface area contributed by atoms with Crippen molar-refractivity contribution < 1.29 is 9.47 Å². The van der Waals surface area contributed by atoms with Crippen molar-refractivity contribution in [2.24, 2.45) is 0 Å². The quantitative estimate of drug-likeness (QED) is 0.942. The standard InChI is InChI=1S/C18H22N2O2/c1-13-10-16(22-12-15-5-3-4-14(2)20-15)6-7-17(13)18-11-19-8-9-21-18/h3-7,10,18-19H,8-9,11-12H2,1-2H3. The number of rotatable bonds is 4. The Hall–Kier alpha value is -1.91. The summed E-state index contributed by atoms with van der Waals surface area (Å²) in [5.74, 6) is 0.869. The third kappa shape index (κ3) is 3.64. The molecule has 1 atom stereocenters. The van der Waals surface area contributed by atoms with Gasteiger partial charge in [0.25, 0.3) is 0 Å². The highest BCUT2D eigenvalue weighted by Crippen LogP contribution is 2.26. The predicted octanol–water partition coefficient (Wildman–Crippen LogP) is 2.94. The SMILES string of the molecule is Cc1cccc(COc2ccc(C3CNCCO3)c(C)c2)n1. The van der Waals surface area contributed by atoms with Crippen molar-refractivity contribution in [3.05, 3.63) is 58.9 Å². The Morgan fingerprint density at radius 2 is 2.18 bits per heavy atom. The number of aryl methyl sites for hydroxylation is 2. The molecular formula is C18H22N2O2. The number of pyridine rings is 1. The molecule has 1 unspecified atom stereocenters. The molecule has 1 fully saturated rings. The zero-order valence-corrected chi connectivity index (χ0v) is 13.1. The van der Waals surface area contributed by atoms with Crippen LogP contribution in [-0.2, 0) is 11.3 Å². The number of aromatic nitrogens is 1. The first-order valence-electron chi connectivity index (χ1n) is 7.70. The molecule has 0 amide bonds. The normalized spacial score (nSPS) is 18.2. The Bertz CT molecular complexity index is 637. The number of nitrogens with one attached hydrogen (secondary N) is 1. The molecule has 116 valence electrons. The van der Waals surface area contributed by atoms with Gasteiger partial charge in [0.1, 0.15) is 12.4 Å². The zero-order valence-electron chi connectivity index (χ0n) is 13.1. The second kappa shape index (κ2) is 6.90. The molecule has 1 aromatic heterocycles. The average Bonchev–Trinajstić information content (AvgIpc) is 2.54. The molecule has 22 heavy (non-hydrogen) atoms. The van der Waals surface area contributed by atoms with Crippen LogP contribution in [0.15, 0.2) is 36.4 Å². The van der Waals surface area contributed by atoms with Crippen LogP contribution in [0.25, 0.3) is 0 Å². The molecule has 0 aliphatic carbocycles. The van der Waals surface area contributed by atoms with E-state index in [1.165, 1.54) is 11.1 Å². The molecule has 1 N–H and O–H groups in total. The van der Waals surface area contributed by atoms with Gasteiger partial charge in [-0.15, -0.1) is 0 Å². The first-order valence-corrected chi connectivity index (χ1v) is 7.70. The molecule has 1 saturated heterocycles. The maximum absolute atomic E-state index is 5.85. The highest BCUT2D eigenvalue weighted by atomic mass is 16.5. The monoisotopic (exact) mass is 298 g/mol. The van der Waals surface area contributed by atoms with Gasteiger partial charge in [-0.25, -0.2) is 0 Å². The summed E-state index contributed by atoms with van der Waals surface area (Å²) in [6.07, 6.45) is 0.140. The molecule has 1 aromatic carbocycles. The van der Waals surface area contributed by atoms with Crippen LogP contribution in [0, 0.1) is 13.8 Å². The van der Waals surface area contributed by atoms with Crippen molar-refractivity contribution in [2.75, 3.05) is 19.7 Å². The summed E-state index contributed by atoms with van der Waals surface area (Å²) >= 11 is 0. The van der Waals surface area contributed by atoms with Crippen LogP contribution in [0.4, 0.5) is 0 Å². The van der Waals surface area contributed by atoms with Gasteiger partial charge < -0.3 is 14.8 Å². The number of hydrogen-bond acceptors (Lipinski definition) is 4. The predicted molar refractivity (Wildman–Crippen MR) is 86.0 cm³/mol. The van der Waals surface area contributed by atoms with Crippen LogP contribution in [0.5, 0.6) is 5.75 Å². The van der Waals surface area contributed by atoms with Gasteiger partial charge in [-0.1, -0.05) is 12.1 Å². The largest absolute Gasteiger partial charge is 0.487 e.